The molecule has 34 heavy (non-hydrogen) atoms. The molecule has 2 bridgehead atoms. The van der Waals surface area contributed by atoms with Crippen molar-refractivity contribution in [2.45, 2.75) is 52.1 Å². The molecule has 0 N–H and O–H groups in total. The van der Waals surface area contributed by atoms with Gasteiger partial charge in [0.1, 0.15) is 6.61 Å². The largest absolute Gasteiger partial charge is 0.461 e. The zero-order chi connectivity index (χ0) is 23.9. The van der Waals surface area contributed by atoms with Gasteiger partial charge in [0.25, 0.3) is 0 Å². The Bertz CT molecular complexity index is 1020. The lowest BCUT2D eigenvalue weighted by molar-refractivity contribution is -0.197. The normalized spacial score (nSPS) is 33.5. The Kier molecular flexibility index (Phi) is 6.10. The number of hydrogen-bond donors (Lipinski definition) is 0. The van der Waals surface area contributed by atoms with E-state index in [2.05, 4.69) is 24.0 Å². The fourth-order valence-electron chi connectivity index (χ4n) is 6.72. The molecule has 4 atom stereocenters. The van der Waals surface area contributed by atoms with Gasteiger partial charge in [0.2, 0.25) is 11.8 Å². The second-order valence-electron chi connectivity index (χ2n) is 10.5. The molecule has 1 unspecified atom stereocenters. The van der Waals surface area contributed by atoms with Crippen molar-refractivity contribution in [1.82, 2.24) is 4.90 Å². The third-order valence-electron chi connectivity index (χ3n) is 8.26. The van der Waals surface area contributed by atoms with E-state index in [0.717, 1.165) is 50.2 Å². The van der Waals surface area contributed by atoms with Gasteiger partial charge in [-0.15, -0.1) is 0 Å². The molecule has 4 aliphatic rings. The molecule has 3 fully saturated rings. The molecule has 2 saturated heterocycles. The highest BCUT2D eigenvalue weighted by Gasteiger charge is 2.59. The number of esters is 1. The summed E-state index contributed by atoms with van der Waals surface area (Å²) in [5.41, 5.74) is 0.352. The number of amides is 2. The fourth-order valence-corrected chi connectivity index (χ4v) is 6.72. The highest BCUT2D eigenvalue weighted by Crippen LogP contribution is 2.55. The molecule has 1 aromatic rings. The summed E-state index contributed by atoms with van der Waals surface area (Å²) in [7, 11) is 0. The molecule has 2 amide bonds. The van der Waals surface area contributed by atoms with E-state index in [1.54, 1.807) is 31.2 Å². The van der Waals surface area contributed by atoms with Crippen molar-refractivity contribution in [2.24, 2.45) is 16.7 Å². The molecule has 0 aromatic heterocycles. The van der Waals surface area contributed by atoms with Crippen LogP contribution in [0.1, 0.15) is 56.3 Å². The van der Waals surface area contributed by atoms with E-state index < -0.39 is 5.97 Å². The van der Waals surface area contributed by atoms with Crippen molar-refractivity contribution in [2.75, 3.05) is 37.7 Å². The zero-order valence-electron chi connectivity index (χ0n) is 20.1. The summed E-state index contributed by atoms with van der Waals surface area (Å²) < 4.78 is 12.4. The van der Waals surface area contributed by atoms with Gasteiger partial charge < -0.3 is 14.4 Å². The van der Waals surface area contributed by atoms with Crippen molar-refractivity contribution in [3.05, 3.63) is 42.0 Å². The number of carbonyl (C=O) groups is 3. The summed E-state index contributed by atoms with van der Waals surface area (Å²) in [6.45, 7) is 7.57. The summed E-state index contributed by atoms with van der Waals surface area (Å²) >= 11 is 0. The number of rotatable bonds is 5. The first-order chi connectivity index (χ1) is 16.4. The van der Waals surface area contributed by atoms with E-state index in [1.807, 2.05) is 0 Å². The summed E-state index contributed by atoms with van der Waals surface area (Å²) in [5, 5.41) is 0. The number of nitrogens with zero attached hydrogens (tertiary/aromatic N) is 2. The van der Waals surface area contributed by atoms with Crippen molar-refractivity contribution >= 4 is 23.5 Å². The highest BCUT2D eigenvalue weighted by atomic mass is 16.5. The van der Waals surface area contributed by atoms with Crippen LogP contribution in [0, 0.1) is 16.7 Å². The minimum atomic E-state index is -0.498. The summed E-state index contributed by atoms with van der Waals surface area (Å²) in [4.78, 5) is 42.1. The van der Waals surface area contributed by atoms with Crippen molar-refractivity contribution in [1.29, 1.82) is 0 Å². The van der Waals surface area contributed by atoms with Gasteiger partial charge in [-0.3, -0.25) is 9.59 Å². The minimum Gasteiger partial charge on any atom is -0.461 e. The number of likely N-dealkylation sites (tertiary alicyclic amines) is 1. The molecule has 1 saturated carbocycles. The van der Waals surface area contributed by atoms with Gasteiger partial charge in [-0.05, 0) is 37.9 Å². The van der Waals surface area contributed by atoms with E-state index in [4.69, 9.17) is 9.47 Å². The number of benzene rings is 1. The number of carbonyl (C=O) groups excluding carboxylic acids is 3. The van der Waals surface area contributed by atoms with E-state index >= 15 is 0 Å². The molecule has 7 heteroatoms. The smallest absolute Gasteiger partial charge is 0.340 e. The molecule has 1 aromatic carbocycles. The second kappa shape index (κ2) is 8.93. The Balaban J connectivity index is 1.40. The number of anilines is 1. The molecule has 5 rings (SSSR count). The van der Waals surface area contributed by atoms with Gasteiger partial charge in [-0.25, -0.2) is 9.69 Å². The van der Waals surface area contributed by atoms with Crippen LogP contribution >= 0.6 is 0 Å². The van der Waals surface area contributed by atoms with Crippen LogP contribution < -0.4 is 4.90 Å². The van der Waals surface area contributed by atoms with E-state index in [1.165, 1.54) is 0 Å². The summed E-state index contributed by atoms with van der Waals surface area (Å²) in [6, 6.07) is 6.75. The Morgan fingerprint density at radius 1 is 1.18 bits per heavy atom. The monoisotopic (exact) mass is 466 g/mol. The van der Waals surface area contributed by atoms with Crippen molar-refractivity contribution < 1.29 is 23.9 Å². The predicted octanol–water partition coefficient (Wildman–Crippen LogP) is 3.58. The number of allylic oxidation sites excluding steroid dienone is 1. The topological polar surface area (TPSA) is 76.2 Å². The SMILES string of the molecule is CCN1C[C@]23CC=CCO[C@@H]2[C@@](COC(=O)c2ccccc2N2C(=O)CC(C)C2=O)(CCC3)C1. The first-order valence-electron chi connectivity index (χ1n) is 12.5. The average Bonchev–Trinajstić information content (AvgIpc) is 2.97. The molecule has 7 nitrogen and oxygen atoms in total. The quantitative estimate of drug-likeness (QED) is 0.375. The molecular formula is C27H34N2O5. The number of hydrogen-bond acceptors (Lipinski definition) is 6. The Hall–Kier alpha value is -2.51. The van der Waals surface area contributed by atoms with Gasteiger partial charge in [0, 0.05) is 36.3 Å². The Morgan fingerprint density at radius 3 is 2.76 bits per heavy atom. The van der Waals surface area contributed by atoms with Crippen LogP contribution in [0.15, 0.2) is 36.4 Å². The molecule has 3 aliphatic heterocycles. The predicted molar refractivity (Wildman–Crippen MR) is 127 cm³/mol. The first kappa shape index (κ1) is 23.2. The second-order valence-corrected chi connectivity index (χ2v) is 10.5. The Morgan fingerprint density at radius 2 is 2.00 bits per heavy atom. The molecule has 0 spiro atoms. The lowest BCUT2D eigenvalue weighted by Crippen LogP contribution is -2.66. The lowest BCUT2D eigenvalue weighted by Gasteiger charge is -2.60. The maximum absolute atomic E-state index is 13.4. The molecule has 3 heterocycles. The number of imide groups is 1. The molecule has 182 valence electrons. The van der Waals surface area contributed by atoms with Crippen LogP contribution in [0.3, 0.4) is 0 Å². The molecule has 0 radical (unpaired) electrons. The minimum absolute atomic E-state index is 0.0391. The van der Waals surface area contributed by atoms with Crippen LogP contribution in [0.4, 0.5) is 5.69 Å². The summed E-state index contributed by atoms with van der Waals surface area (Å²) in [5.74, 6) is -1.43. The van der Waals surface area contributed by atoms with Crippen molar-refractivity contribution in [3.63, 3.8) is 0 Å². The Labute approximate surface area is 201 Å². The average molecular weight is 467 g/mol. The maximum atomic E-state index is 13.4. The fraction of sp³-hybridized carbons (Fsp3) is 0.593. The van der Waals surface area contributed by atoms with Crippen molar-refractivity contribution in [3.8, 4) is 0 Å². The molecule has 1 aliphatic carbocycles. The standard InChI is InChI=1S/C27H34N2O5/c1-3-28-16-26-11-6-7-14-33-25(26)27(17-28,13-8-12-26)18-34-24(32)20-9-4-5-10-21(20)29-22(30)15-19(2)23(29)31/h4-7,9-10,19,25H,3,8,11-18H2,1-2H3/t19?,25-,26+,27-/m0/s1. The third-order valence-corrected chi connectivity index (χ3v) is 8.26. The van der Waals surface area contributed by atoms with Crippen LogP contribution in [0.5, 0.6) is 0 Å². The number of piperidine rings is 1. The highest BCUT2D eigenvalue weighted by molar-refractivity contribution is 6.22. The van der Waals surface area contributed by atoms with Gasteiger partial charge in [0.05, 0.1) is 24.0 Å². The van der Waals surface area contributed by atoms with Crippen LogP contribution in [-0.2, 0) is 19.1 Å². The maximum Gasteiger partial charge on any atom is 0.340 e. The van der Waals surface area contributed by atoms with E-state index in [-0.39, 0.29) is 53.3 Å². The lowest BCUT2D eigenvalue weighted by atomic mass is 9.56. The first-order valence-corrected chi connectivity index (χ1v) is 12.5. The van der Waals surface area contributed by atoms with Gasteiger partial charge in [-0.2, -0.15) is 0 Å². The van der Waals surface area contributed by atoms with Crippen LogP contribution in [-0.4, -0.2) is 61.6 Å². The van der Waals surface area contributed by atoms with Crippen LogP contribution in [0.2, 0.25) is 0 Å². The van der Waals surface area contributed by atoms with E-state index in [0.29, 0.717) is 12.3 Å². The van der Waals surface area contributed by atoms with Crippen LogP contribution in [0.25, 0.3) is 0 Å². The van der Waals surface area contributed by atoms with Gasteiger partial charge >= 0.3 is 5.97 Å². The third kappa shape index (κ3) is 3.79. The van der Waals surface area contributed by atoms with E-state index in [9.17, 15) is 14.4 Å². The van der Waals surface area contributed by atoms with Gasteiger partial charge in [0.15, 0.2) is 0 Å². The molecular weight excluding hydrogens is 432 g/mol. The number of para-hydroxylation sites is 1. The summed E-state index contributed by atoms with van der Waals surface area (Å²) in [6.07, 6.45) is 8.71. The van der Waals surface area contributed by atoms with Gasteiger partial charge in [-0.1, -0.05) is 44.6 Å². The zero-order valence-corrected chi connectivity index (χ0v) is 20.1. The number of ether oxygens (including phenoxy) is 2.